The number of hydrogen-bond donors (Lipinski definition) is 1. The molecule has 0 aliphatic heterocycles. The third-order valence-corrected chi connectivity index (χ3v) is 2.82. The van der Waals surface area contributed by atoms with Crippen LogP contribution in [0.2, 0.25) is 0 Å². The minimum Gasteiger partial charge on any atom is -0.328 e. The Balaban J connectivity index is 2.84. The maximum absolute atomic E-state index is 12.7. The molecule has 6 heteroatoms. The lowest BCUT2D eigenvalue weighted by Gasteiger charge is -2.15. The minimum atomic E-state index is -4.51. The number of halogens is 3. The molecule has 102 valence electrons. The van der Waals surface area contributed by atoms with E-state index in [1.165, 1.54) is 0 Å². The second kappa shape index (κ2) is 6.04. The highest BCUT2D eigenvalue weighted by atomic mass is 19.4. The van der Waals surface area contributed by atoms with Crippen molar-refractivity contribution >= 4 is 0 Å². The summed E-state index contributed by atoms with van der Waals surface area (Å²) in [5, 5.41) is 0. The van der Waals surface area contributed by atoms with Crippen LogP contribution in [0.15, 0.2) is 23.0 Å². The van der Waals surface area contributed by atoms with Gasteiger partial charge in [0, 0.05) is 18.7 Å². The lowest BCUT2D eigenvalue weighted by atomic mass is 10.1. The van der Waals surface area contributed by atoms with Crippen molar-refractivity contribution in [3.8, 4) is 0 Å². The quantitative estimate of drug-likeness (QED) is 0.885. The van der Waals surface area contributed by atoms with E-state index in [4.69, 9.17) is 5.73 Å². The summed E-state index contributed by atoms with van der Waals surface area (Å²) in [5.74, 6) is 0. The van der Waals surface area contributed by atoms with E-state index in [2.05, 4.69) is 0 Å². The van der Waals surface area contributed by atoms with Gasteiger partial charge in [-0.2, -0.15) is 13.2 Å². The Kier molecular flexibility index (Phi) is 4.95. The summed E-state index contributed by atoms with van der Waals surface area (Å²) in [6.45, 7) is 1.96. The summed E-state index contributed by atoms with van der Waals surface area (Å²) in [4.78, 5) is 11.5. The molecule has 0 fully saturated rings. The van der Waals surface area contributed by atoms with Crippen LogP contribution in [-0.2, 0) is 12.7 Å². The van der Waals surface area contributed by atoms with Crippen LogP contribution >= 0.6 is 0 Å². The Morgan fingerprint density at radius 3 is 2.61 bits per heavy atom. The molecule has 1 aromatic heterocycles. The summed E-state index contributed by atoms with van der Waals surface area (Å²) in [7, 11) is 0. The molecule has 1 atom stereocenters. The molecule has 0 saturated heterocycles. The van der Waals surface area contributed by atoms with Gasteiger partial charge in [0.05, 0.1) is 0 Å². The fraction of sp³-hybridized carbons (Fsp3) is 0.583. The average molecular weight is 262 g/mol. The molecule has 0 bridgehead atoms. The molecular weight excluding hydrogens is 245 g/mol. The van der Waals surface area contributed by atoms with Crippen molar-refractivity contribution in [2.45, 2.75) is 44.9 Å². The van der Waals surface area contributed by atoms with Gasteiger partial charge in [0.2, 0.25) is 0 Å². The fourth-order valence-corrected chi connectivity index (χ4v) is 1.71. The molecule has 3 nitrogen and oxygen atoms in total. The maximum Gasteiger partial charge on any atom is 0.431 e. The summed E-state index contributed by atoms with van der Waals surface area (Å²) >= 11 is 0. The molecule has 18 heavy (non-hydrogen) atoms. The highest BCUT2D eigenvalue weighted by molar-refractivity contribution is 5.10. The molecule has 0 spiro atoms. The van der Waals surface area contributed by atoms with Crippen LogP contribution in [0.1, 0.15) is 31.9 Å². The van der Waals surface area contributed by atoms with Crippen LogP contribution in [0, 0.1) is 0 Å². The molecule has 1 unspecified atom stereocenters. The summed E-state index contributed by atoms with van der Waals surface area (Å²) in [6.07, 6.45) is -2.67. The summed E-state index contributed by atoms with van der Waals surface area (Å²) < 4.78 is 38.9. The molecule has 0 aromatic carbocycles. The minimum absolute atomic E-state index is 0.0289. The first kappa shape index (κ1) is 14.8. The van der Waals surface area contributed by atoms with Crippen molar-refractivity contribution in [2.24, 2.45) is 5.73 Å². The zero-order chi connectivity index (χ0) is 13.8. The number of nitrogens with zero attached hydrogens (tertiary/aromatic N) is 1. The maximum atomic E-state index is 12.7. The topological polar surface area (TPSA) is 48.0 Å². The molecule has 0 aliphatic carbocycles. The molecule has 0 saturated carbocycles. The normalized spacial score (nSPS) is 13.6. The van der Waals surface area contributed by atoms with Gasteiger partial charge in [-0.1, -0.05) is 13.0 Å². The first-order chi connectivity index (χ1) is 8.36. The van der Waals surface area contributed by atoms with Gasteiger partial charge < -0.3 is 10.3 Å². The number of nitrogens with two attached hydrogens (primary N) is 1. The molecule has 1 rings (SSSR count). The molecule has 0 aliphatic rings. The standard InChI is InChI=1S/C12H17F3N2O/c1-2-9(16)5-4-8-17-10(12(13,14)15)6-3-7-11(17)18/h3,6-7,9H,2,4-5,8,16H2,1H3. The lowest BCUT2D eigenvalue weighted by Crippen LogP contribution is -2.28. The zero-order valence-corrected chi connectivity index (χ0v) is 10.2. The van der Waals surface area contributed by atoms with Crippen molar-refractivity contribution in [1.29, 1.82) is 0 Å². The van der Waals surface area contributed by atoms with E-state index in [-0.39, 0.29) is 12.6 Å². The van der Waals surface area contributed by atoms with Crippen LogP contribution in [-0.4, -0.2) is 10.6 Å². The predicted molar refractivity (Wildman–Crippen MR) is 63.2 cm³/mol. The largest absolute Gasteiger partial charge is 0.431 e. The lowest BCUT2D eigenvalue weighted by molar-refractivity contribution is -0.144. The number of pyridine rings is 1. The summed E-state index contributed by atoms with van der Waals surface area (Å²) in [6, 6.07) is 3.15. The average Bonchev–Trinajstić information content (AvgIpc) is 2.29. The number of hydrogen-bond acceptors (Lipinski definition) is 2. The van der Waals surface area contributed by atoms with Crippen LogP contribution in [0.5, 0.6) is 0 Å². The van der Waals surface area contributed by atoms with E-state index in [1.54, 1.807) is 0 Å². The van der Waals surface area contributed by atoms with Gasteiger partial charge in [-0.3, -0.25) is 4.79 Å². The van der Waals surface area contributed by atoms with E-state index >= 15 is 0 Å². The molecule has 1 heterocycles. The highest BCUT2D eigenvalue weighted by Crippen LogP contribution is 2.28. The van der Waals surface area contributed by atoms with Crippen molar-refractivity contribution in [2.75, 3.05) is 0 Å². The van der Waals surface area contributed by atoms with E-state index in [0.29, 0.717) is 12.8 Å². The first-order valence-corrected chi connectivity index (χ1v) is 5.89. The van der Waals surface area contributed by atoms with Crippen molar-refractivity contribution in [3.05, 3.63) is 34.2 Å². The van der Waals surface area contributed by atoms with E-state index in [0.717, 1.165) is 29.2 Å². The molecular formula is C12H17F3N2O. The molecule has 0 amide bonds. The third-order valence-electron chi connectivity index (χ3n) is 2.82. The van der Waals surface area contributed by atoms with E-state index in [1.807, 2.05) is 6.92 Å². The second-order valence-electron chi connectivity index (χ2n) is 4.21. The fourth-order valence-electron chi connectivity index (χ4n) is 1.71. The van der Waals surface area contributed by atoms with Crippen LogP contribution in [0.4, 0.5) is 13.2 Å². The van der Waals surface area contributed by atoms with Crippen molar-refractivity contribution in [3.63, 3.8) is 0 Å². The van der Waals surface area contributed by atoms with Gasteiger partial charge in [-0.15, -0.1) is 0 Å². The Hall–Kier alpha value is -1.30. The molecule has 2 N–H and O–H groups in total. The zero-order valence-electron chi connectivity index (χ0n) is 10.2. The Bertz CT molecular complexity index is 440. The van der Waals surface area contributed by atoms with Gasteiger partial charge >= 0.3 is 6.18 Å². The Morgan fingerprint density at radius 1 is 1.39 bits per heavy atom. The van der Waals surface area contributed by atoms with Crippen molar-refractivity contribution in [1.82, 2.24) is 4.57 Å². The SMILES string of the molecule is CCC(N)CCCn1c(C(F)(F)F)cccc1=O. The summed E-state index contributed by atoms with van der Waals surface area (Å²) in [5.41, 5.74) is 4.16. The Labute approximate surface area is 103 Å². The monoisotopic (exact) mass is 262 g/mol. The third kappa shape index (κ3) is 3.87. The van der Waals surface area contributed by atoms with E-state index < -0.39 is 17.4 Å². The van der Waals surface area contributed by atoms with Crippen molar-refractivity contribution < 1.29 is 13.2 Å². The van der Waals surface area contributed by atoms with Gasteiger partial charge in [0.15, 0.2) is 0 Å². The molecule has 1 aromatic rings. The highest BCUT2D eigenvalue weighted by Gasteiger charge is 2.33. The number of rotatable bonds is 5. The first-order valence-electron chi connectivity index (χ1n) is 5.89. The van der Waals surface area contributed by atoms with Gasteiger partial charge in [0.25, 0.3) is 5.56 Å². The van der Waals surface area contributed by atoms with Gasteiger partial charge in [0.1, 0.15) is 5.69 Å². The number of aromatic nitrogens is 1. The van der Waals surface area contributed by atoms with Gasteiger partial charge in [-0.25, -0.2) is 0 Å². The molecule has 0 radical (unpaired) electrons. The van der Waals surface area contributed by atoms with E-state index in [9.17, 15) is 18.0 Å². The number of alkyl halides is 3. The smallest absolute Gasteiger partial charge is 0.328 e. The van der Waals surface area contributed by atoms with Gasteiger partial charge in [-0.05, 0) is 25.3 Å². The second-order valence-corrected chi connectivity index (χ2v) is 4.21. The van der Waals surface area contributed by atoms with Crippen LogP contribution < -0.4 is 11.3 Å². The van der Waals surface area contributed by atoms with Crippen LogP contribution in [0.25, 0.3) is 0 Å². The Morgan fingerprint density at radius 2 is 2.06 bits per heavy atom. The predicted octanol–water partition coefficient (Wildman–Crippen LogP) is 2.38. The van der Waals surface area contributed by atoms with Crippen LogP contribution in [0.3, 0.4) is 0 Å².